The Balaban J connectivity index is 1.19. The summed E-state index contributed by atoms with van der Waals surface area (Å²) in [6.07, 6.45) is 3.96. The number of benzene rings is 3. The molecule has 8 rings (SSSR count). The molecule has 8 aromatic rings. The third kappa shape index (κ3) is 2.90. The normalized spacial score (nSPS) is 11.9. The summed E-state index contributed by atoms with van der Waals surface area (Å²) < 4.78 is 3.46. The summed E-state index contributed by atoms with van der Waals surface area (Å²) in [6, 6.07) is 33.9. The topological polar surface area (TPSA) is 43.1 Å². The van der Waals surface area contributed by atoms with Crippen LogP contribution in [0.25, 0.3) is 70.3 Å². The van der Waals surface area contributed by atoms with Crippen LogP contribution < -0.4 is 0 Å². The van der Waals surface area contributed by atoms with E-state index < -0.39 is 0 Å². The minimum atomic E-state index is 0.937. The van der Waals surface area contributed by atoms with E-state index in [0.29, 0.717) is 0 Å². The smallest absolute Gasteiger partial charge is 0.139 e. The van der Waals surface area contributed by atoms with Crippen molar-refractivity contribution in [1.29, 1.82) is 0 Å². The highest BCUT2D eigenvalue weighted by atomic mass is 32.1. The zero-order valence-corrected chi connectivity index (χ0v) is 19.9. The van der Waals surface area contributed by atoms with Crippen LogP contribution in [-0.2, 0) is 0 Å². The standard InChI is InChI=1S/C31H18N4S/c1-2-6-26-24(5-1)30-31(36-26)35-17-15-23(18-27(35)34-30)19-7-9-20(10-8-19)25-14-13-22-12-11-21-4-3-16-32-28(21)29(22)33-25/h1-18H. The van der Waals surface area contributed by atoms with Gasteiger partial charge < -0.3 is 0 Å². The van der Waals surface area contributed by atoms with Gasteiger partial charge in [-0.1, -0.05) is 66.7 Å². The van der Waals surface area contributed by atoms with Gasteiger partial charge in [0.2, 0.25) is 0 Å². The van der Waals surface area contributed by atoms with Crippen molar-refractivity contribution in [2.75, 3.05) is 0 Å². The van der Waals surface area contributed by atoms with Crippen LogP contribution in [0.15, 0.2) is 109 Å². The van der Waals surface area contributed by atoms with Gasteiger partial charge in [0.25, 0.3) is 0 Å². The van der Waals surface area contributed by atoms with Gasteiger partial charge in [-0.3, -0.25) is 9.38 Å². The molecule has 0 aliphatic carbocycles. The number of aromatic nitrogens is 4. The van der Waals surface area contributed by atoms with E-state index in [4.69, 9.17) is 9.97 Å². The Morgan fingerprint density at radius 3 is 2.33 bits per heavy atom. The zero-order valence-electron chi connectivity index (χ0n) is 19.1. The number of rotatable bonds is 2. The summed E-state index contributed by atoms with van der Waals surface area (Å²) in [5.74, 6) is 0. The van der Waals surface area contributed by atoms with E-state index in [-0.39, 0.29) is 0 Å². The van der Waals surface area contributed by atoms with Crippen LogP contribution in [0.3, 0.4) is 0 Å². The molecule has 0 N–H and O–H groups in total. The van der Waals surface area contributed by atoms with E-state index in [1.54, 1.807) is 11.3 Å². The Hall–Kier alpha value is -4.61. The number of imidazole rings is 1. The molecule has 0 saturated carbocycles. The van der Waals surface area contributed by atoms with Gasteiger partial charge >= 0.3 is 0 Å². The molecule has 168 valence electrons. The average Bonchev–Trinajstić information content (AvgIpc) is 3.48. The van der Waals surface area contributed by atoms with Crippen molar-refractivity contribution in [2.45, 2.75) is 0 Å². The molecule has 5 heteroatoms. The summed E-state index contributed by atoms with van der Waals surface area (Å²) in [7, 11) is 0. The molecule has 0 radical (unpaired) electrons. The maximum Gasteiger partial charge on any atom is 0.139 e. The summed E-state index contributed by atoms with van der Waals surface area (Å²) in [5, 5.41) is 3.42. The molecule has 0 fully saturated rings. The summed E-state index contributed by atoms with van der Waals surface area (Å²) in [5.41, 5.74) is 8.27. The van der Waals surface area contributed by atoms with Gasteiger partial charge in [-0.2, -0.15) is 0 Å². The van der Waals surface area contributed by atoms with Gasteiger partial charge in [0.15, 0.2) is 0 Å². The fraction of sp³-hybridized carbons (Fsp3) is 0. The van der Waals surface area contributed by atoms with Crippen molar-refractivity contribution in [3.63, 3.8) is 0 Å². The molecule has 0 amide bonds. The molecule has 3 aromatic carbocycles. The number of thiophene rings is 1. The van der Waals surface area contributed by atoms with Crippen molar-refractivity contribution >= 4 is 59.2 Å². The molecule has 5 aromatic heterocycles. The van der Waals surface area contributed by atoms with Crippen LogP contribution in [0, 0.1) is 0 Å². The Kier molecular flexibility index (Phi) is 4.07. The fourth-order valence-corrected chi connectivity index (χ4v) is 6.18. The molecule has 0 atom stereocenters. The van der Waals surface area contributed by atoms with Crippen LogP contribution in [0.4, 0.5) is 0 Å². The molecule has 0 spiro atoms. The first-order valence-corrected chi connectivity index (χ1v) is 12.7. The SMILES string of the molecule is c1cnc2c(c1)ccc1ccc(-c3ccc(-c4ccn5c(c4)nc4c6ccccc6sc45)cc3)nc12. The number of fused-ring (bicyclic) bond motifs is 8. The first-order chi connectivity index (χ1) is 17.8. The highest BCUT2D eigenvalue weighted by molar-refractivity contribution is 7.25. The molecule has 5 heterocycles. The van der Waals surface area contributed by atoms with E-state index >= 15 is 0 Å². The second-order valence-electron chi connectivity index (χ2n) is 8.99. The lowest BCUT2D eigenvalue weighted by Gasteiger charge is -2.07. The predicted molar refractivity (Wildman–Crippen MR) is 150 cm³/mol. The number of pyridine rings is 3. The average molecular weight is 479 g/mol. The quantitative estimate of drug-likeness (QED) is 0.236. The highest BCUT2D eigenvalue weighted by Gasteiger charge is 2.13. The van der Waals surface area contributed by atoms with Crippen LogP contribution in [0.5, 0.6) is 0 Å². The third-order valence-electron chi connectivity index (χ3n) is 6.88. The van der Waals surface area contributed by atoms with Crippen LogP contribution >= 0.6 is 11.3 Å². The van der Waals surface area contributed by atoms with Gasteiger partial charge in [0, 0.05) is 38.8 Å². The zero-order chi connectivity index (χ0) is 23.6. The molecule has 0 saturated heterocycles. The fourth-order valence-electron chi connectivity index (χ4n) is 5.05. The van der Waals surface area contributed by atoms with Crippen molar-refractivity contribution in [1.82, 2.24) is 19.4 Å². The van der Waals surface area contributed by atoms with Crippen LogP contribution in [0.1, 0.15) is 0 Å². The third-order valence-corrected chi connectivity index (χ3v) is 8.04. The molecule has 36 heavy (non-hydrogen) atoms. The second kappa shape index (κ2) is 7.44. The Morgan fingerprint density at radius 2 is 1.42 bits per heavy atom. The van der Waals surface area contributed by atoms with Gasteiger partial charge in [0.1, 0.15) is 16.0 Å². The van der Waals surface area contributed by atoms with Crippen molar-refractivity contribution in [3.8, 4) is 22.4 Å². The van der Waals surface area contributed by atoms with Crippen molar-refractivity contribution < 1.29 is 0 Å². The van der Waals surface area contributed by atoms with Crippen molar-refractivity contribution in [3.05, 3.63) is 109 Å². The molecular formula is C31H18N4S. The molecule has 0 unspecified atom stereocenters. The molecule has 0 bridgehead atoms. The number of hydrogen-bond donors (Lipinski definition) is 0. The van der Waals surface area contributed by atoms with Crippen molar-refractivity contribution in [2.24, 2.45) is 0 Å². The minimum Gasteiger partial charge on any atom is -0.291 e. The maximum atomic E-state index is 4.99. The summed E-state index contributed by atoms with van der Waals surface area (Å²) in [4.78, 5) is 15.7. The Bertz CT molecular complexity index is 2100. The lowest BCUT2D eigenvalue weighted by Crippen LogP contribution is -1.89. The molecule has 0 aliphatic heterocycles. The Morgan fingerprint density at radius 1 is 0.611 bits per heavy atom. The molecule has 0 aliphatic rings. The Labute approximate surface area is 210 Å². The first kappa shape index (κ1) is 19.7. The highest BCUT2D eigenvalue weighted by Crippen LogP contribution is 2.35. The van der Waals surface area contributed by atoms with E-state index in [2.05, 4.69) is 107 Å². The molecular weight excluding hydrogens is 460 g/mol. The van der Waals surface area contributed by atoms with Gasteiger partial charge in [-0.25, -0.2) is 9.97 Å². The largest absolute Gasteiger partial charge is 0.291 e. The second-order valence-corrected chi connectivity index (χ2v) is 10.0. The summed E-state index contributed by atoms with van der Waals surface area (Å²) in [6.45, 7) is 0. The van der Waals surface area contributed by atoms with Crippen LogP contribution in [-0.4, -0.2) is 19.4 Å². The van der Waals surface area contributed by atoms with E-state index in [1.807, 2.05) is 12.3 Å². The predicted octanol–water partition coefficient (Wildman–Crippen LogP) is 8.13. The first-order valence-electron chi connectivity index (χ1n) is 11.9. The monoisotopic (exact) mass is 478 g/mol. The minimum absolute atomic E-state index is 0.937. The number of hydrogen-bond acceptors (Lipinski definition) is 4. The van der Waals surface area contributed by atoms with E-state index in [9.17, 15) is 0 Å². The van der Waals surface area contributed by atoms with E-state index in [0.717, 1.165) is 55.4 Å². The maximum absolute atomic E-state index is 4.99. The van der Waals surface area contributed by atoms with Gasteiger partial charge in [0.05, 0.1) is 16.7 Å². The lowest BCUT2D eigenvalue weighted by molar-refractivity contribution is 1.24. The molecule has 4 nitrogen and oxygen atoms in total. The van der Waals surface area contributed by atoms with Gasteiger partial charge in [-0.15, -0.1) is 11.3 Å². The summed E-state index contributed by atoms with van der Waals surface area (Å²) >= 11 is 1.79. The lowest BCUT2D eigenvalue weighted by atomic mass is 10.0. The van der Waals surface area contributed by atoms with Gasteiger partial charge in [-0.05, 0) is 41.5 Å². The number of nitrogens with zero attached hydrogens (tertiary/aromatic N) is 4. The van der Waals surface area contributed by atoms with E-state index in [1.165, 1.54) is 14.9 Å². The van der Waals surface area contributed by atoms with Crippen LogP contribution in [0.2, 0.25) is 0 Å².